The maximum atomic E-state index is 12.6. The summed E-state index contributed by atoms with van der Waals surface area (Å²) in [5, 5.41) is 0. The Morgan fingerprint density at radius 1 is 0.962 bits per heavy atom. The molecule has 0 saturated carbocycles. The molecule has 0 N–H and O–H groups in total. The molecule has 0 radical (unpaired) electrons. The van der Waals surface area contributed by atoms with Gasteiger partial charge in [-0.05, 0) is 35.4 Å². The normalized spacial score (nSPS) is 13.2. The minimum atomic E-state index is -0.338. The number of hydrogen-bond acceptors (Lipinski definition) is 3. The number of ether oxygens (including phenoxy) is 2. The Hall–Kier alpha value is -2.85. The summed E-state index contributed by atoms with van der Waals surface area (Å²) in [6.07, 6.45) is 3.96. The van der Waals surface area contributed by atoms with E-state index >= 15 is 0 Å². The molecule has 2 unspecified atom stereocenters. The van der Waals surface area contributed by atoms with Gasteiger partial charge in [0.25, 0.3) is 0 Å². The van der Waals surface area contributed by atoms with Gasteiger partial charge < -0.3 is 14.0 Å². The topological polar surface area (TPSA) is 40.5 Å². The smallest absolute Gasteiger partial charge is 0.340 e. The van der Waals surface area contributed by atoms with Crippen molar-refractivity contribution in [3.8, 4) is 0 Å². The molecule has 0 spiro atoms. The first-order chi connectivity index (χ1) is 12.7. The van der Waals surface area contributed by atoms with E-state index in [1.165, 1.54) is 0 Å². The number of methoxy groups -OCH3 is 1. The molecule has 0 bridgehead atoms. The minimum absolute atomic E-state index is 0.227. The van der Waals surface area contributed by atoms with Crippen LogP contribution in [0.3, 0.4) is 0 Å². The summed E-state index contributed by atoms with van der Waals surface area (Å²) in [6, 6.07) is 21.2. The number of carbonyl (C=O) groups excluding carboxylic acids is 1. The average molecular weight is 349 g/mol. The van der Waals surface area contributed by atoms with E-state index in [4.69, 9.17) is 9.47 Å². The second-order valence-corrected chi connectivity index (χ2v) is 6.05. The summed E-state index contributed by atoms with van der Waals surface area (Å²) in [7, 11) is 1.67. The number of esters is 1. The summed E-state index contributed by atoms with van der Waals surface area (Å²) in [6.45, 7) is 1.99. The molecule has 1 aromatic heterocycles. The summed E-state index contributed by atoms with van der Waals surface area (Å²) in [5.74, 6) is -0.338. The third kappa shape index (κ3) is 4.03. The van der Waals surface area contributed by atoms with E-state index in [9.17, 15) is 4.79 Å². The van der Waals surface area contributed by atoms with Gasteiger partial charge in [-0.1, -0.05) is 49.4 Å². The molecule has 3 aromatic rings. The molecule has 134 valence electrons. The van der Waals surface area contributed by atoms with Crippen LogP contribution in [-0.2, 0) is 9.47 Å². The zero-order chi connectivity index (χ0) is 18.4. The number of benzene rings is 2. The highest BCUT2D eigenvalue weighted by Gasteiger charge is 2.18. The van der Waals surface area contributed by atoms with Gasteiger partial charge in [-0.15, -0.1) is 0 Å². The van der Waals surface area contributed by atoms with Crippen LogP contribution >= 0.6 is 0 Å². The molecule has 4 heteroatoms. The van der Waals surface area contributed by atoms with Crippen LogP contribution < -0.4 is 0 Å². The number of carbonyl (C=O) groups is 1. The molecular formula is C22H23NO3. The lowest BCUT2D eigenvalue weighted by Crippen LogP contribution is -2.16. The first-order valence-electron chi connectivity index (χ1n) is 8.74. The second-order valence-electron chi connectivity index (χ2n) is 6.05. The molecule has 1 heterocycles. The Kier molecular flexibility index (Phi) is 5.87. The molecule has 2 aromatic carbocycles. The van der Waals surface area contributed by atoms with Crippen molar-refractivity contribution < 1.29 is 14.3 Å². The Morgan fingerprint density at radius 2 is 1.65 bits per heavy atom. The third-order valence-electron chi connectivity index (χ3n) is 4.32. The van der Waals surface area contributed by atoms with Gasteiger partial charge in [-0.3, -0.25) is 0 Å². The molecule has 0 amide bonds. The molecule has 0 aliphatic rings. The van der Waals surface area contributed by atoms with Crippen molar-refractivity contribution >= 4 is 5.97 Å². The largest absolute Gasteiger partial charge is 0.438 e. The Bertz CT molecular complexity index is 828. The fraction of sp³-hybridized carbons (Fsp3) is 0.227. The van der Waals surface area contributed by atoms with E-state index in [-0.39, 0.29) is 18.3 Å². The maximum Gasteiger partial charge on any atom is 0.340 e. The van der Waals surface area contributed by atoms with Crippen LogP contribution in [0.15, 0.2) is 79.1 Å². The molecule has 0 saturated heterocycles. The van der Waals surface area contributed by atoms with Crippen LogP contribution in [0.1, 0.15) is 47.2 Å². The van der Waals surface area contributed by atoms with E-state index in [1.807, 2.05) is 84.5 Å². The van der Waals surface area contributed by atoms with Crippen molar-refractivity contribution in [1.82, 2.24) is 4.57 Å². The molecule has 0 aliphatic carbocycles. The molecule has 4 nitrogen and oxygen atoms in total. The van der Waals surface area contributed by atoms with Gasteiger partial charge >= 0.3 is 5.97 Å². The first-order valence-corrected chi connectivity index (χ1v) is 8.74. The molecule has 0 aliphatic heterocycles. The highest BCUT2D eigenvalue weighted by Crippen LogP contribution is 2.26. The van der Waals surface area contributed by atoms with E-state index in [1.54, 1.807) is 13.2 Å². The highest BCUT2D eigenvalue weighted by molar-refractivity contribution is 5.89. The minimum Gasteiger partial charge on any atom is -0.438 e. The van der Waals surface area contributed by atoms with Crippen LogP contribution in [0, 0.1) is 0 Å². The van der Waals surface area contributed by atoms with E-state index in [0.717, 1.165) is 11.1 Å². The van der Waals surface area contributed by atoms with Gasteiger partial charge in [0, 0.05) is 25.9 Å². The van der Waals surface area contributed by atoms with Gasteiger partial charge in [0.2, 0.25) is 0 Å². The first kappa shape index (κ1) is 18.0. The lowest BCUT2D eigenvalue weighted by Gasteiger charge is -2.19. The van der Waals surface area contributed by atoms with Gasteiger partial charge in [-0.25, -0.2) is 4.79 Å². The predicted octanol–water partition coefficient (Wildman–Crippen LogP) is 4.99. The molecule has 2 atom stereocenters. The van der Waals surface area contributed by atoms with Gasteiger partial charge in [-0.2, -0.15) is 0 Å². The third-order valence-corrected chi connectivity index (χ3v) is 4.32. The summed E-state index contributed by atoms with van der Waals surface area (Å²) >= 11 is 0. The van der Waals surface area contributed by atoms with Crippen molar-refractivity contribution in [2.45, 2.75) is 25.7 Å². The van der Waals surface area contributed by atoms with Crippen molar-refractivity contribution in [3.63, 3.8) is 0 Å². The van der Waals surface area contributed by atoms with Crippen LogP contribution in [0.2, 0.25) is 0 Å². The standard InChI is InChI=1S/C22H23NO3/c1-3-20(23-14-7-8-15-23)26-22(24)19-13-9-12-18(16-19)21(25-2)17-10-5-4-6-11-17/h4-16,20-21H,3H2,1-2H3. The van der Waals surface area contributed by atoms with Crippen molar-refractivity contribution in [1.29, 1.82) is 0 Å². The van der Waals surface area contributed by atoms with Gasteiger partial charge in [0.05, 0.1) is 5.56 Å². The van der Waals surface area contributed by atoms with Crippen molar-refractivity contribution in [2.75, 3.05) is 7.11 Å². The van der Waals surface area contributed by atoms with Crippen molar-refractivity contribution in [2.24, 2.45) is 0 Å². The summed E-state index contributed by atoms with van der Waals surface area (Å²) in [5.41, 5.74) is 2.48. The van der Waals surface area contributed by atoms with Gasteiger partial charge in [0.15, 0.2) is 6.23 Å². The monoisotopic (exact) mass is 349 g/mol. The van der Waals surface area contributed by atoms with Crippen molar-refractivity contribution in [3.05, 3.63) is 95.8 Å². The fourth-order valence-electron chi connectivity index (χ4n) is 3.01. The van der Waals surface area contributed by atoms with E-state index < -0.39 is 0 Å². The molecule has 3 rings (SSSR count). The van der Waals surface area contributed by atoms with E-state index in [0.29, 0.717) is 12.0 Å². The number of rotatable bonds is 7. The van der Waals surface area contributed by atoms with Crippen LogP contribution in [-0.4, -0.2) is 17.6 Å². The second kappa shape index (κ2) is 8.50. The number of nitrogens with zero attached hydrogens (tertiary/aromatic N) is 1. The molecule has 0 fully saturated rings. The lowest BCUT2D eigenvalue weighted by atomic mass is 9.99. The quantitative estimate of drug-likeness (QED) is 0.564. The van der Waals surface area contributed by atoms with Crippen LogP contribution in [0.25, 0.3) is 0 Å². The average Bonchev–Trinajstić information content (AvgIpc) is 3.22. The SMILES string of the molecule is CCC(OC(=O)c1cccc(C(OC)c2ccccc2)c1)n1cccc1. The molecular weight excluding hydrogens is 326 g/mol. The van der Waals surface area contributed by atoms with Crippen LogP contribution in [0.5, 0.6) is 0 Å². The Labute approximate surface area is 154 Å². The lowest BCUT2D eigenvalue weighted by molar-refractivity contribution is 0.00793. The highest BCUT2D eigenvalue weighted by atomic mass is 16.6. The number of hydrogen-bond donors (Lipinski definition) is 0. The zero-order valence-corrected chi connectivity index (χ0v) is 15.0. The predicted molar refractivity (Wildman–Crippen MR) is 101 cm³/mol. The zero-order valence-electron chi connectivity index (χ0n) is 15.0. The Morgan fingerprint density at radius 3 is 2.31 bits per heavy atom. The maximum absolute atomic E-state index is 12.6. The Balaban J connectivity index is 1.81. The summed E-state index contributed by atoms with van der Waals surface area (Å²) < 4.78 is 13.2. The number of aromatic nitrogens is 1. The van der Waals surface area contributed by atoms with Gasteiger partial charge in [0.1, 0.15) is 6.10 Å². The summed E-state index contributed by atoms with van der Waals surface area (Å²) in [4.78, 5) is 12.6. The fourth-order valence-corrected chi connectivity index (χ4v) is 3.01. The van der Waals surface area contributed by atoms with E-state index in [2.05, 4.69) is 0 Å². The molecule has 26 heavy (non-hydrogen) atoms. The van der Waals surface area contributed by atoms with Crippen LogP contribution in [0.4, 0.5) is 0 Å².